The molecule has 0 radical (unpaired) electrons. The van der Waals surface area contributed by atoms with E-state index in [4.69, 9.17) is 9.47 Å². The Labute approximate surface area is 144 Å². The summed E-state index contributed by atoms with van der Waals surface area (Å²) in [5.41, 5.74) is 0.696. The van der Waals surface area contributed by atoms with Crippen molar-refractivity contribution in [1.29, 1.82) is 0 Å². The van der Waals surface area contributed by atoms with E-state index in [1.807, 2.05) is 0 Å². The number of ether oxygens (including phenoxy) is 3. The van der Waals surface area contributed by atoms with Gasteiger partial charge in [-0.1, -0.05) is 12.1 Å². The number of imidazole rings is 1. The second-order valence-corrected chi connectivity index (χ2v) is 5.96. The number of hydrogen-bond donors (Lipinski definition) is 0. The molecule has 0 bridgehead atoms. The molecule has 0 saturated carbocycles. The third-order valence-electron chi connectivity index (χ3n) is 4.23. The zero-order valence-electron chi connectivity index (χ0n) is 13.0. The third kappa shape index (κ3) is 3.17. The van der Waals surface area contributed by atoms with Crippen LogP contribution in [0.3, 0.4) is 0 Å². The lowest BCUT2D eigenvalue weighted by Gasteiger charge is -2.23. The van der Waals surface area contributed by atoms with Crippen LogP contribution in [-0.4, -0.2) is 33.0 Å². The lowest BCUT2D eigenvalue weighted by molar-refractivity contribution is -0.389. The van der Waals surface area contributed by atoms with Gasteiger partial charge in [-0.3, -0.25) is 4.57 Å². The molecule has 26 heavy (non-hydrogen) atoms. The molecule has 1 aromatic carbocycles. The molecule has 0 aliphatic carbocycles. The molecule has 1 aromatic heterocycles. The van der Waals surface area contributed by atoms with Gasteiger partial charge in [0.05, 0.1) is 12.6 Å². The van der Waals surface area contributed by atoms with Gasteiger partial charge in [0, 0.05) is 11.4 Å². The molecular formula is C15H12F3N3O5. The molecule has 3 atom stereocenters. The van der Waals surface area contributed by atoms with Gasteiger partial charge < -0.3 is 24.3 Å². The highest BCUT2D eigenvalue weighted by molar-refractivity contribution is 5.30. The molecule has 8 nitrogen and oxygen atoms in total. The second-order valence-electron chi connectivity index (χ2n) is 5.96. The van der Waals surface area contributed by atoms with Gasteiger partial charge in [-0.05, 0) is 22.6 Å². The third-order valence-corrected chi connectivity index (χ3v) is 4.23. The Morgan fingerprint density at radius 2 is 2.00 bits per heavy atom. The molecule has 2 aromatic rings. The molecule has 1 unspecified atom stereocenters. The van der Waals surface area contributed by atoms with Gasteiger partial charge in [-0.25, -0.2) is 0 Å². The van der Waals surface area contributed by atoms with Crippen molar-refractivity contribution in [2.24, 2.45) is 0 Å². The summed E-state index contributed by atoms with van der Waals surface area (Å²) in [7, 11) is 0. The molecule has 3 heterocycles. The van der Waals surface area contributed by atoms with Crippen molar-refractivity contribution in [3.63, 3.8) is 0 Å². The zero-order chi connectivity index (χ0) is 18.5. The molecule has 2 aliphatic heterocycles. The Hall–Kier alpha value is -2.82. The van der Waals surface area contributed by atoms with Crippen molar-refractivity contribution >= 4 is 5.82 Å². The number of aromatic nitrogens is 2. The molecule has 2 aliphatic rings. The van der Waals surface area contributed by atoms with E-state index in [0.29, 0.717) is 18.5 Å². The van der Waals surface area contributed by atoms with Crippen LogP contribution in [0.5, 0.6) is 11.8 Å². The standard InChI is InChI=1S/C15H12F3N3O5/c16-15(17,18)26-9-3-1-8(2-4-9)10-5-11-12(24-10)6-20-7-13(21(22)23)19-14(20)25-11/h1-4,7,10-12H,5-6H2/t10-,11?,12-/m0/s1. The first-order valence-corrected chi connectivity index (χ1v) is 7.68. The molecular weight excluding hydrogens is 359 g/mol. The minimum absolute atomic E-state index is 0.163. The van der Waals surface area contributed by atoms with Crippen molar-refractivity contribution in [2.75, 3.05) is 0 Å². The van der Waals surface area contributed by atoms with E-state index in [9.17, 15) is 23.3 Å². The summed E-state index contributed by atoms with van der Waals surface area (Å²) in [6, 6.07) is 5.63. The summed E-state index contributed by atoms with van der Waals surface area (Å²) in [5.74, 6) is -0.600. The Morgan fingerprint density at radius 3 is 2.65 bits per heavy atom. The van der Waals surface area contributed by atoms with Crippen LogP contribution >= 0.6 is 0 Å². The quantitative estimate of drug-likeness (QED) is 0.609. The van der Waals surface area contributed by atoms with Crippen LogP contribution in [0.15, 0.2) is 30.5 Å². The number of fused-ring (bicyclic) bond motifs is 2. The van der Waals surface area contributed by atoms with Crippen LogP contribution in [0.25, 0.3) is 0 Å². The van der Waals surface area contributed by atoms with Crippen LogP contribution in [0.1, 0.15) is 18.1 Å². The van der Waals surface area contributed by atoms with Gasteiger partial charge in [0.25, 0.3) is 0 Å². The average molecular weight is 371 g/mol. The number of halogens is 3. The summed E-state index contributed by atoms with van der Waals surface area (Å²) in [5, 5.41) is 10.8. The van der Waals surface area contributed by atoms with E-state index in [1.165, 1.54) is 35.0 Å². The highest BCUT2D eigenvalue weighted by atomic mass is 19.4. The number of benzene rings is 1. The summed E-state index contributed by atoms with van der Waals surface area (Å²) >= 11 is 0. The minimum atomic E-state index is -4.74. The molecule has 138 valence electrons. The Kier molecular flexibility index (Phi) is 3.75. The lowest BCUT2D eigenvalue weighted by atomic mass is 10.0. The number of hydrogen-bond acceptors (Lipinski definition) is 6. The van der Waals surface area contributed by atoms with Crippen LogP contribution < -0.4 is 9.47 Å². The fraction of sp³-hybridized carbons (Fsp3) is 0.400. The maximum absolute atomic E-state index is 12.2. The van der Waals surface area contributed by atoms with E-state index >= 15 is 0 Å². The summed E-state index contributed by atoms with van der Waals surface area (Å²) in [6.45, 7) is 0.354. The number of alkyl halides is 3. The largest absolute Gasteiger partial charge is 0.573 e. The lowest BCUT2D eigenvalue weighted by Crippen LogP contribution is -2.36. The van der Waals surface area contributed by atoms with Gasteiger partial charge in [0.2, 0.25) is 0 Å². The molecule has 1 fully saturated rings. The maximum Gasteiger partial charge on any atom is 0.573 e. The van der Waals surface area contributed by atoms with Crippen molar-refractivity contribution in [1.82, 2.24) is 9.55 Å². The van der Waals surface area contributed by atoms with Crippen LogP contribution in [-0.2, 0) is 11.3 Å². The van der Waals surface area contributed by atoms with Gasteiger partial charge >= 0.3 is 18.2 Å². The molecule has 1 saturated heterocycles. The Balaban J connectivity index is 1.45. The number of nitro groups is 1. The van der Waals surface area contributed by atoms with Crippen molar-refractivity contribution in [2.45, 2.75) is 37.6 Å². The second kappa shape index (κ2) is 5.87. The van der Waals surface area contributed by atoms with Crippen molar-refractivity contribution < 1.29 is 32.3 Å². The Bertz CT molecular complexity index is 805. The van der Waals surface area contributed by atoms with E-state index in [-0.39, 0.29) is 35.9 Å². The average Bonchev–Trinajstić information content (AvgIpc) is 3.14. The van der Waals surface area contributed by atoms with Crippen LogP contribution in [0.2, 0.25) is 0 Å². The van der Waals surface area contributed by atoms with Gasteiger partial charge in [0.15, 0.2) is 0 Å². The first-order chi connectivity index (χ1) is 12.3. The van der Waals surface area contributed by atoms with Gasteiger partial charge in [0.1, 0.15) is 24.2 Å². The fourth-order valence-electron chi connectivity index (χ4n) is 3.13. The summed E-state index contributed by atoms with van der Waals surface area (Å²) in [6.07, 6.45) is -4.01. The van der Waals surface area contributed by atoms with Crippen molar-refractivity contribution in [3.05, 3.63) is 46.1 Å². The SMILES string of the molecule is O=[N+]([O-])c1cn2c(n1)OC1C[C@@H](c3ccc(OC(F)(F)F)cc3)O[C@H]1C2. The van der Waals surface area contributed by atoms with Crippen LogP contribution in [0.4, 0.5) is 19.0 Å². The molecule has 0 amide bonds. The van der Waals surface area contributed by atoms with Crippen LogP contribution in [0, 0.1) is 10.1 Å². The molecule has 11 heteroatoms. The summed E-state index contributed by atoms with van der Waals surface area (Å²) < 4.78 is 53.6. The summed E-state index contributed by atoms with van der Waals surface area (Å²) in [4.78, 5) is 14.0. The topological polar surface area (TPSA) is 88.7 Å². The smallest absolute Gasteiger partial charge is 0.440 e. The maximum atomic E-state index is 12.2. The fourth-order valence-corrected chi connectivity index (χ4v) is 3.13. The van der Waals surface area contributed by atoms with E-state index in [1.54, 1.807) is 0 Å². The normalized spacial score (nSPS) is 24.5. The predicted octanol–water partition coefficient (Wildman–Crippen LogP) is 2.98. The first-order valence-electron chi connectivity index (χ1n) is 7.68. The molecule has 4 rings (SSSR count). The Morgan fingerprint density at radius 1 is 1.27 bits per heavy atom. The van der Waals surface area contributed by atoms with Gasteiger partial charge in [-0.2, -0.15) is 0 Å². The number of rotatable bonds is 3. The van der Waals surface area contributed by atoms with E-state index in [2.05, 4.69) is 9.72 Å². The minimum Gasteiger partial charge on any atom is -0.440 e. The van der Waals surface area contributed by atoms with E-state index < -0.39 is 11.3 Å². The van der Waals surface area contributed by atoms with Gasteiger partial charge in [-0.15, -0.1) is 13.2 Å². The molecule has 0 N–H and O–H groups in total. The highest BCUT2D eigenvalue weighted by Crippen LogP contribution is 2.39. The molecule has 0 spiro atoms. The van der Waals surface area contributed by atoms with E-state index in [0.717, 1.165) is 0 Å². The number of nitrogens with zero attached hydrogens (tertiary/aromatic N) is 3. The predicted molar refractivity (Wildman–Crippen MR) is 78.7 cm³/mol. The monoisotopic (exact) mass is 371 g/mol. The highest BCUT2D eigenvalue weighted by Gasteiger charge is 2.43. The zero-order valence-corrected chi connectivity index (χ0v) is 13.0. The van der Waals surface area contributed by atoms with Crippen molar-refractivity contribution in [3.8, 4) is 11.8 Å². The first kappa shape index (κ1) is 16.6.